The highest BCUT2D eigenvalue weighted by Crippen LogP contribution is 2.38. The maximum Gasteiger partial charge on any atom is 0.333 e. The molecule has 1 fully saturated rings. The number of likely N-dealkylation sites (N-methyl/N-ethyl adjacent to an activating group) is 2. The maximum atomic E-state index is 12.8. The number of fused-ring (bicyclic) bond motifs is 2. The van der Waals surface area contributed by atoms with Crippen molar-refractivity contribution in [2.24, 2.45) is 0 Å². The summed E-state index contributed by atoms with van der Waals surface area (Å²) in [6.07, 6.45) is 1.31. The van der Waals surface area contributed by atoms with E-state index < -0.39 is 17.8 Å². The molecule has 4 heterocycles. The molecular formula is C26H16N4O6S2. The van der Waals surface area contributed by atoms with Gasteiger partial charge in [-0.15, -0.1) is 11.3 Å². The number of hydrogen-bond acceptors (Lipinski definition) is 9. The van der Waals surface area contributed by atoms with E-state index in [1.807, 2.05) is 0 Å². The third-order valence-corrected chi connectivity index (χ3v) is 8.12. The summed E-state index contributed by atoms with van der Waals surface area (Å²) >= 11 is 2.61. The highest BCUT2D eigenvalue weighted by molar-refractivity contribution is 8.01. The molecule has 188 valence electrons. The van der Waals surface area contributed by atoms with E-state index in [1.54, 1.807) is 54.6 Å². The lowest BCUT2D eigenvalue weighted by Gasteiger charge is -2.28. The molecular weight excluding hydrogens is 528 g/mol. The largest absolute Gasteiger partial charge is 0.450 e. The molecule has 0 spiro atoms. The number of hydrogen-bond donors (Lipinski definition) is 0. The number of thiazole rings is 1. The lowest BCUT2D eigenvalue weighted by molar-refractivity contribution is -0.134. The van der Waals surface area contributed by atoms with Gasteiger partial charge in [-0.3, -0.25) is 29.0 Å². The van der Waals surface area contributed by atoms with E-state index in [1.165, 1.54) is 48.2 Å². The number of aromatic nitrogens is 1. The van der Waals surface area contributed by atoms with Gasteiger partial charge in [0.2, 0.25) is 0 Å². The van der Waals surface area contributed by atoms with Crippen LogP contribution in [0.15, 0.2) is 74.0 Å². The zero-order chi connectivity index (χ0) is 26.7. The number of barbiturate groups is 1. The van der Waals surface area contributed by atoms with E-state index in [0.717, 1.165) is 14.5 Å². The first kappa shape index (κ1) is 23.8. The van der Waals surface area contributed by atoms with Gasteiger partial charge >= 0.3 is 6.03 Å². The van der Waals surface area contributed by atoms with Crippen molar-refractivity contribution in [3.63, 3.8) is 0 Å². The van der Waals surface area contributed by atoms with Gasteiger partial charge in [0.05, 0.1) is 27.0 Å². The fourth-order valence-corrected chi connectivity index (χ4v) is 6.17. The Balaban J connectivity index is 1.23. The topological polar surface area (TPSA) is 121 Å². The Morgan fingerprint density at radius 1 is 0.842 bits per heavy atom. The van der Waals surface area contributed by atoms with Crippen molar-refractivity contribution >= 4 is 74.7 Å². The number of imide groups is 3. The fraction of sp³-hybridized carbons (Fsp3) is 0.0769. The Morgan fingerprint density at radius 3 is 2.16 bits per heavy atom. The zero-order valence-corrected chi connectivity index (χ0v) is 21.5. The van der Waals surface area contributed by atoms with Gasteiger partial charge in [-0.2, -0.15) is 0 Å². The summed E-state index contributed by atoms with van der Waals surface area (Å²) in [7, 11) is 2.61. The van der Waals surface area contributed by atoms with Crippen LogP contribution in [0, 0.1) is 0 Å². The molecule has 12 heteroatoms. The number of rotatable bonds is 4. The number of carbonyl (C=O) groups is 5. The van der Waals surface area contributed by atoms with E-state index in [-0.39, 0.29) is 23.1 Å². The van der Waals surface area contributed by atoms with Gasteiger partial charge in [-0.05, 0) is 60.3 Å². The highest BCUT2D eigenvalue weighted by atomic mass is 32.2. The van der Waals surface area contributed by atoms with Crippen LogP contribution in [0.2, 0.25) is 0 Å². The molecule has 1 saturated heterocycles. The van der Waals surface area contributed by atoms with E-state index in [4.69, 9.17) is 4.42 Å². The van der Waals surface area contributed by atoms with Crippen LogP contribution in [0.25, 0.3) is 16.3 Å². The number of amides is 6. The van der Waals surface area contributed by atoms with Crippen LogP contribution >= 0.6 is 23.1 Å². The average Bonchev–Trinajstić information content (AvgIpc) is 3.60. The van der Waals surface area contributed by atoms with Gasteiger partial charge in [0.25, 0.3) is 23.6 Å². The smallest absolute Gasteiger partial charge is 0.333 e. The van der Waals surface area contributed by atoms with Crippen molar-refractivity contribution in [2.45, 2.75) is 9.43 Å². The van der Waals surface area contributed by atoms with Gasteiger partial charge in [-0.1, -0.05) is 12.1 Å². The van der Waals surface area contributed by atoms with Gasteiger partial charge in [0, 0.05) is 14.1 Å². The first-order valence-electron chi connectivity index (χ1n) is 11.2. The molecule has 38 heavy (non-hydrogen) atoms. The van der Waals surface area contributed by atoms with Gasteiger partial charge in [0.1, 0.15) is 11.3 Å². The molecule has 2 aromatic carbocycles. The number of urea groups is 1. The minimum atomic E-state index is -0.705. The van der Waals surface area contributed by atoms with Gasteiger partial charge in [-0.25, -0.2) is 14.7 Å². The lowest BCUT2D eigenvalue weighted by atomic mass is 10.1. The van der Waals surface area contributed by atoms with E-state index >= 15 is 0 Å². The third kappa shape index (κ3) is 3.73. The minimum Gasteiger partial charge on any atom is -0.450 e. The van der Waals surface area contributed by atoms with E-state index in [2.05, 4.69) is 4.98 Å². The summed E-state index contributed by atoms with van der Waals surface area (Å²) in [6.45, 7) is 0. The van der Waals surface area contributed by atoms with E-state index in [9.17, 15) is 24.0 Å². The number of carbonyl (C=O) groups excluding carboxylic acids is 5. The fourth-order valence-electron chi connectivity index (χ4n) is 4.17. The van der Waals surface area contributed by atoms with Crippen LogP contribution in [0.1, 0.15) is 26.5 Å². The molecule has 4 aromatic rings. The normalized spacial score (nSPS) is 15.8. The van der Waals surface area contributed by atoms with Crippen molar-refractivity contribution in [2.75, 3.05) is 19.0 Å². The summed E-state index contributed by atoms with van der Waals surface area (Å²) in [6, 6.07) is 14.5. The predicted octanol–water partition coefficient (Wildman–Crippen LogP) is 4.27. The number of benzene rings is 2. The Hall–Kier alpha value is -4.55. The summed E-state index contributed by atoms with van der Waals surface area (Å²) < 4.78 is 7.22. The third-order valence-electron chi connectivity index (χ3n) is 6.13. The van der Waals surface area contributed by atoms with Crippen molar-refractivity contribution in [3.8, 4) is 0 Å². The molecule has 0 atom stereocenters. The van der Waals surface area contributed by atoms with Crippen molar-refractivity contribution < 1.29 is 28.4 Å². The molecule has 10 nitrogen and oxygen atoms in total. The first-order valence-corrected chi connectivity index (χ1v) is 12.8. The second-order valence-corrected chi connectivity index (χ2v) is 10.7. The van der Waals surface area contributed by atoms with Crippen LogP contribution in [0.3, 0.4) is 0 Å². The average molecular weight is 545 g/mol. The standard InChI is InChI=1S/C26H16N4O6S2/c1-28-21(31)17(22(32)29(2)26(28)35)12-14-8-10-20(36-14)38-25-27-18-9-7-13(11-19(18)37-25)30-23(33)15-5-3-4-6-16(15)24(30)34/h3-12H,1-2H3. The van der Waals surface area contributed by atoms with Crippen LogP contribution < -0.4 is 4.90 Å². The molecule has 0 aliphatic carbocycles. The Kier molecular flexibility index (Phi) is 5.51. The van der Waals surface area contributed by atoms with Crippen LogP contribution in [0.4, 0.5) is 10.5 Å². The first-order chi connectivity index (χ1) is 18.2. The predicted molar refractivity (Wildman–Crippen MR) is 139 cm³/mol. The molecule has 6 amide bonds. The maximum absolute atomic E-state index is 12.8. The van der Waals surface area contributed by atoms with Crippen LogP contribution in [-0.2, 0) is 9.59 Å². The minimum absolute atomic E-state index is 0.179. The number of furan rings is 1. The number of nitrogens with zero attached hydrogens (tertiary/aromatic N) is 4. The molecule has 2 aromatic heterocycles. The second kappa shape index (κ2) is 8.78. The summed E-state index contributed by atoms with van der Waals surface area (Å²) in [5, 5.41) is 0.477. The van der Waals surface area contributed by atoms with Gasteiger partial charge in [0.15, 0.2) is 9.43 Å². The quantitative estimate of drug-likeness (QED) is 0.212. The van der Waals surface area contributed by atoms with E-state index in [0.29, 0.717) is 31.8 Å². The molecule has 0 saturated carbocycles. The van der Waals surface area contributed by atoms with Crippen molar-refractivity contribution in [3.05, 3.63) is 77.1 Å². The molecule has 2 aliphatic heterocycles. The second-order valence-electron chi connectivity index (χ2n) is 8.45. The van der Waals surface area contributed by atoms with Crippen LogP contribution in [0.5, 0.6) is 0 Å². The molecule has 0 radical (unpaired) electrons. The molecule has 2 aliphatic rings. The van der Waals surface area contributed by atoms with Crippen molar-refractivity contribution in [1.29, 1.82) is 0 Å². The molecule has 0 unspecified atom stereocenters. The summed E-state index contributed by atoms with van der Waals surface area (Å²) in [5.41, 5.74) is 1.74. The zero-order valence-electron chi connectivity index (χ0n) is 19.8. The summed E-state index contributed by atoms with van der Waals surface area (Å²) in [5.74, 6) is -1.86. The lowest BCUT2D eigenvalue weighted by Crippen LogP contribution is -2.52. The Labute approximate surface area is 223 Å². The summed E-state index contributed by atoms with van der Waals surface area (Å²) in [4.78, 5) is 69.9. The Morgan fingerprint density at radius 2 is 1.50 bits per heavy atom. The van der Waals surface area contributed by atoms with Crippen LogP contribution in [-0.4, -0.2) is 58.5 Å². The monoisotopic (exact) mass is 544 g/mol. The van der Waals surface area contributed by atoms with Crippen molar-refractivity contribution in [1.82, 2.24) is 14.8 Å². The van der Waals surface area contributed by atoms with Gasteiger partial charge < -0.3 is 4.42 Å². The molecule has 0 N–H and O–H groups in total. The Bertz CT molecular complexity index is 1690. The highest BCUT2D eigenvalue weighted by Gasteiger charge is 2.38. The molecule has 6 rings (SSSR count). The number of anilines is 1. The SMILES string of the molecule is CN1C(=O)C(=Cc2ccc(Sc3nc4ccc(N5C(=O)c6ccccc6C5=O)cc4s3)o2)C(=O)N(C)C1=O. The molecule has 0 bridgehead atoms.